The van der Waals surface area contributed by atoms with Crippen molar-refractivity contribution in [2.24, 2.45) is 0 Å². The lowest BCUT2D eigenvalue weighted by molar-refractivity contribution is 0.586. The Hall–Kier alpha value is -2.64. The van der Waals surface area contributed by atoms with Crippen LogP contribution in [0.2, 0.25) is 0 Å². The summed E-state index contributed by atoms with van der Waals surface area (Å²) in [5.41, 5.74) is 13.6. The van der Waals surface area contributed by atoms with Crippen molar-refractivity contribution in [3.8, 4) is 22.3 Å². The number of rotatable bonds is 0. The van der Waals surface area contributed by atoms with Crippen LogP contribution in [-0.2, 0) is 16.2 Å². The van der Waals surface area contributed by atoms with Gasteiger partial charge in [0.15, 0.2) is 0 Å². The van der Waals surface area contributed by atoms with Gasteiger partial charge in [0.05, 0.1) is 5.41 Å². The van der Waals surface area contributed by atoms with Gasteiger partial charge in [-0.1, -0.05) is 130 Å². The molecule has 4 aromatic carbocycles. The van der Waals surface area contributed by atoms with Crippen molar-refractivity contribution in [1.82, 2.24) is 0 Å². The highest BCUT2D eigenvalue weighted by atomic mass is 79.9. The lowest BCUT2D eigenvalue weighted by atomic mass is 9.69. The second-order valence-corrected chi connectivity index (χ2v) is 12.8. The normalized spacial score (nSPS) is 15.1. The Morgan fingerprint density at radius 1 is 0.529 bits per heavy atom. The van der Waals surface area contributed by atoms with E-state index in [4.69, 9.17) is 0 Å². The van der Waals surface area contributed by atoms with Gasteiger partial charge >= 0.3 is 0 Å². The van der Waals surface area contributed by atoms with Crippen LogP contribution in [0.5, 0.6) is 0 Å². The molecule has 0 saturated carbocycles. The van der Waals surface area contributed by atoms with Crippen molar-refractivity contribution in [2.75, 3.05) is 0 Å². The molecule has 0 radical (unpaired) electrons. The first-order chi connectivity index (χ1) is 16.0. The third-order valence-electron chi connectivity index (χ3n) is 7.88. The van der Waals surface area contributed by atoms with Crippen molar-refractivity contribution in [3.63, 3.8) is 0 Å². The zero-order chi connectivity index (χ0) is 24.0. The summed E-state index contributed by atoms with van der Waals surface area (Å²) in [6.45, 7) is 13.9. The number of halogens is 1. The van der Waals surface area contributed by atoms with E-state index in [0.717, 1.165) is 0 Å². The highest BCUT2D eigenvalue weighted by molar-refractivity contribution is 9.10. The average molecular weight is 508 g/mol. The highest BCUT2D eigenvalue weighted by Gasteiger charge is 2.53. The molecular weight excluding hydrogens is 476 g/mol. The summed E-state index contributed by atoms with van der Waals surface area (Å²) in [4.78, 5) is 0. The largest absolute Gasteiger partial charge is 0.0736 e. The minimum Gasteiger partial charge on any atom is -0.0619 e. The van der Waals surface area contributed by atoms with Crippen LogP contribution in [0.4, 0.5) is 0 Å². The summed E-state index contributed by atoms with van der Waals surface area (Å²) >= 11 is 4.01. The molecule has 0 saturated heterocycles. The molecule has 0 fully saturated rings. The molecule has 2 aliphatic carbocycles. The summed E-state index contributed by atoms with van der Waals surface area (Å²) in [5.74, 6) is 0. The molecule has 34 heavy (non-hydrogen) atoms. The molecule has 0 atom stereocenters. The van der Waals surface area contributed by atoms with Crippen LogP contribution in [0.1, 0.15) is 74.9 Å². The van der Waals surface area contributed by atoms with Gasteiger partial charge in [0, 0.05) is 4.47 Å². The molecule has 0 aliphatic heterocycles. The lowest BCUT2D eigenvalue weighted by Gasteiger charge is -2.33. The second-order valence-electron chi connectivity index (χ2n) is 12.0. The SMILES string of the molecule is CC(C)(C)c1ccc2c(c1)C1(c3cc(C(C)(C)C)ccc3-2)c2ccccc2-c2cccc(Br)c21. The summed E-state index contributed by atoms with van der Waals surface area (Å²) in [7, 11) is 0. The molecule has 0 N–H and O–H groups in total. The van der Waals surface area contributed by atoms with Crippen LogP contribution in [0.25, 0.3) is 22.3 Å². The van der Waals surface area contributed by atoms with Gasteiger partial charge in [-0.3, -0.25) is 0 Å². The van der Waals surface area contributed by atoms with E-state index in [1.54, 1.807) is 0 Å². The van der Waals surface area contributed by atoms with Gasteiger partial charge in [0.25, 0.3) is 0 Å². The van der Waals surface area contributed by atoms with Gasteiger partial charge in [0.1, 0.15) is 0 Å². The minimum atomic E-state index is -0.320. The van der Waals surface area contributed by atoms with Crippen molar-refractivity contribution >= 4 is 15.9 Å². The van der Waals surface area contributed by atoms with E-state index in [0.29, 0.717) is 0 Å². The summed E-state index contributed by atoms with van der Waals surface area (Å²) < 4.78 is 1.18. The van der Waals surface area contributed by atoms with Crippen LogP contribution in [0, 0.1) is 0 Å². The molecule has 2 aliphatic rings. The zero-order valence-corrected chi connectivity index (χ0v) is 22.5. The Balaban J connectivity index is 1.83. The highest BCUT2D eigenvalue weighted by Crippen LogP contribution is 2.64. The van der Waals surface area contributed by atoms with Crippen LogP contribution in [-0.4, -0.2) is 0 Å². The van der Waals surface area contributed by atoms with Crippen molar-refractivity contribution < 1.29 is 0 Å². The zero-order valence-electron chi connectivity index (χ0n) is 20.9. The molecule has 0 aromatic heterocycles. The predicted octanol–water partition coefficient (Wildman–Crippen LogP) is 9.39. The third-order valence-corrected chi connectivity index (χ3v) is 8.54. The summed E-state index contributed by atoms with van der Waals surface area (Å²) in [6.07, 6.45) is 0. The van der Waals surface area contributed by atoms with Crippen LogP contribution in [0.15, 0.2) is 83.3 Å². The first-order valence-corrected chi connectivity index (χ1v) is 13.0. The first kappa shape index (κ1) is 21.9. The molecule has 0 amide bonds. The molecule has 1 spiro atoms. The Labute approximate surface area is 212 Å². The van der Waals surface area contributed by atoms with Crippen LogP contribution < -0.4 is 0 Å². The van der Waals surface area contributed by atoms with Gasteiger partial charge in [-0.25, -0.2) is 0 Å². The van der Waals surface area contributed by atoms with Gasteiger partial charge in [-0.15, -0.1) is 0 Å². The minimum absolute atomic E-state index is 0.0798. The van der Waals surface area contributed by atoms with Gasteiger partial charge < -0.3 is 0 Å². The average Bonchev–Trinajstić information content (AvgIpc) is 3.25. The summed E-state index contributed by atoms with van der Waals surface area (Å²) in [6, 6.07) is 30.1. The molecule has 0 bridgehead atoms. The van der Waals surface area contributed by atoms with Crippen LogP contribution >= 0.6 is 15.9 Å². The number of fused-ring (bicyclic) bond motifs is 10. The van der Waals surface area contributed by atoms with Crippen LogP contribution in [0.3, 0.4) is 0 Å². The number of hydrogen-bond donors (Lipinski definition) is 0. The van der Waals surface area contributed by atoms with E-state index in [1.165, 1.54) is 60.1 Å². The smallest absolute Gasteiger partial charge is 0.0619 e. The van der Waals surface area contributed by atoms with E-state index in [1.807, 2.05) is 0 Å². The van der Waals surface area contributed by atoms with E-state index >= 15 is 0 Å². The lowest BCUT2D eigenvalue weighted by Crippen LogP contribution is -2.27. The Morgan fingerprint density at radius 2 is 1.03 bits per heavy atom. The van der Waals surface area contributed by atoms with Gasteiger partial charge in [-0.05, 0) is 72.5 Å². The third kappa shape index (κ3) is 2.77. The second kappa shape index (κ2) is 6.95. The molecule has 4 aromatic rings. The standard InChI is InChI=1S/C33H31Br/c1-31(2,3)20-14-16-23-24-17-15-21(32(4,5)6)19-28(24)33(27(23)18-20)26-12-8-7-10-22(26)25-11-9-13-29(34)30(25)33/h7-19H,1-6H3. The maximum atomic E-state index is 4.01. The molecule has 0 nitrogen and oxygen atoms in total. The predicted molar refractivity (Wildman–Crippen MR) is 148 cm³/mol. The monoisotopic (exact) mass is 506 g/mol. The van der Waals surface area contributed by atoms with E-state index < -0.39 is 0 Å². The molecule has 0 unspecified atom stereocenters. The van der Waals surface area contributed by atoms with Crippen molar-refractivity contribution in [3.05, 3.63) is 117 Å². The molecule has 6 rings (SSSR count). The molecular formula is C33H31Br. The quantitative estimate of drug-likeness (QED) is 0.192. The Morgan fingerprint density at radius 3 is 1.59 bits per heavy atom. The number of benzene rings is 4. The van der Waals surface area contributed by atoms with Crippen molar-refractivity contribution in [1.29, 1.82) is 0 Å². The van der Waals surface area contributed by atoms with E-state index in [2.05, 4.69) is 136 Å². The Bertz CT molecular complexity index is 1410. The summed E-state index contributed by atoms with van der Waals surface area (Å²) in [5, 5.41) is 0. The maximum Gasteiger partial charge on any atom is 0.0736 e. The fourth-order valence-corrected chi connectivity index (χ4v) is 6.79. The van der Waals surface area contributed by atoms with Gasteiger partial charge in [-0.2, -0.15) is 0 Å². The number of hydrogen-bond acceptors (Lipinski definition) is 0. The van der Waals surface area contributed by atoms with E-state index in [9.17, 15) is 0 Å². The topological polar surface area (TPSA) is 0 Å². The fraction of sp³-hybridized carbons (Fsp3) is 0.273. The first-order valence-electron chi connectivity index (χ1n) is 12.2. The molecule has 170 valence electrons. The van der Waals surface area contributed by atoms with Crippen molar-refractivity contribution in [2.45, 2.75) is 57.8 Å². The Kier molecular flexibility index (Phi) is 4.47. The van der Waals surface area contributed by atoms with E-state index in [-0.39, 0.29) is 16.2 Å². The maximum absolute atomic E-state index is 4.01. The van der Waals surface area contributed by atoms with Gasteiger partial charge in [0.2, 0.25) is 0 Å². The molecule has 1 heteroatoms. The fourth-order valence-electron chi connectivity index (χ4n) is 6.13. The molecule has 0 heterocycles.